The Morgan fingerprint density at radius 3 is 2.39 bits per heavy atom. The molecule has 0 aromatic carbocycles. The molecular weight excluding hydrogens is 478 g/mol. The van der Waals surface area contributed by atoms with Gasteiger partial charge in [-0.05, 0) is 69.4 Å². The summed E-state index contributed by atoms with van der Waals surface area (Å²) in [7, 11) is 0. The summed E-state index contributed by atoms with van der Waals surface area (Å²) >= 11 is 0. The monoisotopic (exact) mass is 517 g/mol. The van der Waals surface area contributed by atoms with Crippen molar-refractivity contribution in [1.82, 2.24) is 25.0 Å². The molecule has 0 unspecified atom stereocenters. The molecule has 1 spiro atoms. The van der Waals surface area contributed by atoms with Gasteiger partial charge in [-0.2, -0.15) is 5.10 Å². The van der Waals surface area contributed by atoms with Crippen molar-refractivity contribution in [3.05, 3.63) is 46.6 Å². The zero-order chi connectivity index (χ0) is 27.0. The lowest BCUT2D eigenvalue weighted by Crippen LogP contribution is -2.62. The highest BCUT2D eigenvalue weighted by Crippen LogP contribution is 2.61. The molecule has 8 nitrogen and oxygen atoms in total. The van der Waals surface area contributed by atoms with Crippen molar-refractivity contribution in [2.24, 2.45) is 5.41 Å². The van der Waals surface area contributed by atoms with Crippen LogP contribution in [0.15, 0.2) is 22.6 Å². The van der Waals surface area contributed by atoms with E-state index in [1.165, 1.54) is 32.1 Å². The topological polar surface area (TPSA) is 95.3 Å². The predicted molar refractivity (Wildman–Crippen MR) is 145 cm³/mol. The summed E-state index contributed by atoms with van der Waals surface area (Å²) in [6.07, 6.45) is 6.54. The van der Waals surface area contributed by atoms with Crippen LogP contribution in [0, 0.1) is 12.3 Å². The van der Waals surface area contributed by atoms with Gasteiger partial charge in [-0.25, -0.2) is 4.98 Å². The number of amides is 2. The van der Waals surface area contributed by atoms with Gasteiger partial charge in [-0.15, -0.1) is 0 Å². The molecule has 0 bridgehead atoms. The van der Waals surface area contributed by atoms with Gasteiger partial charge in [0.1, 0.15) is 11.2 Å². The number of nitrogens with zero attached hydrogens (tertiary/aromatic N) is 4. The molecular formula is C30H39N5O3. The van der Waals surface area contributed by atoms with Crippen molar-refractivity contribution in [2.75, 3.05) is 19.6 Å². The van der Waals surface area contributed by atoms with Gasteiger partial charge in [0.25, 0.3) is 11.8 Å². The highest BCUT2D eigenvalue weighted by molar-refractivity contribution is 5.97. The standard InChI is InChI=1S/C30H39N5O3/c1-18-12-23(33-32-18)26(36)34-10-11-35(29(5,6)17-34)27(37)24-14-22-25(38-24)20(28(2,3)4)13-21(31-22)19-15-30(16-19)8-7-9-30/h12-14,19H,7-11,15-17H2,1-6H3,(H,32,33). The normalized spacial score (nSPS) is 21.0. The quantitative estimate of drug-likeness (QED) is 0.489. The smallest absolute Gasteiger partial charge is 0.290 e. The molecule has 202 valence electrons. The second-order valence-corrected chi connectivity index (χ2v) is 13.5. The number of piperazine rings is 1. The summed E-state index contributed by atoms with van der Waals surface area (Å²) in [6.45, 7) is 13.7. The molecule has 38 heavy (non-hydrogen) atoms. The van der Waals surface area contributed by atoms with Crippen molar-refractivity contribution in [1.29, 1.82) is 0 Å². The second-order valence-electron chi connectivity index (χ2n) is 13.5. The minimum Gasteiger partial charge on any atom is -0.449 e. The van der Waals surface area contributed by atoms with Gasteiger partial charge in [0.15, 0.2) is 11.3 Å². The summed E-state index contributed by atoms with van der Waals surface area (Å²) in [6, 6.07) is 5.81. The number of aromatic nitrogens is 3. The molecule has 0 radical (unpaired) electrons. The van der Waals surface area contributed by atoms with E-state index in [2.05, 4.69) is 37.0 Å². The van der Waals surface area contributed by atoms with Crippen LogP contribution in [0.4, 0.5) is 0 Å². The molecule has 3 aliphatic rings. The first-order valence-corrected chi connectivity index (χ1v) is 13.9. The number of aryl methyl sites for hydroxylation is 1. The first-order valence-electron chi connectivity index (χ1n) is 13.9. The van der Waals surface area contributed by atoms with Crippen molar-refractivity contribution < 1.29 is 14.0 Å². The Bertz CT molecular complexity index is 1410. The van der Waals surface area contributed by atoms with Crippen LogP contribution in [-0.4, -0.2) is 62.0 Å². The second kappa shape index (κ2) is 8.42. The molecule has 0 atom stereocenters. The maximum Gasteiger partial charge on any atom is 0.290 e. The fraction of sp³-hybridized carbons (Fsp3) is 0.600. The number of hydrogen-bond donors (Lipinski definition) is 1. The van der Waals surface area contributed by atoms with E-state index in [-0.39, 0.29) is 17.2 Å². The zero-order valence-corrected chi connectivity index (χ0v) is 23.5. The highest BCUT2D eigenvalue weighted by atomic mass is 16.3. The molecule has 1 N–H and O–H groups in total. The number of fused-ring (bicyclic) bond motifs is 1. The van der Waals surface area contributed by atoms with E-state index in [1.807, 2.05) is 31.7 Å². The molecule has 3 fully saturated rings. The van der Waals surface area contributed by atoms with E-state index >= 15 is 0 Å². The van der Waals surface area contributed by atoms with Crippen LogP contribution in [0.3, 0.4) is 0 Å². The van der Waals surface area contributed by atoms with Gasteiger partial charge in [-0.1, -0.05) is 27.2 Å². The van der Waals surface area contributed by atoms with Gasteiger partial charge < -0.3 is 14.2 Å². The lowest BCUT2D eigenvalue weighted by molar-refractivity contribution is 0.00766. The minimum absolute atomic E-state index is 0.0965. The minimum atomic E-state index is -0.562. The van der Waals surface area contributed by atoms with Crippen LogP contribution < -0.4 is 0 Å². The number of aromatic amines is 1. The molecule has 6 rings (SSSR count). The van der Waals surface area contributed by atoms with Gasteiger partial charge in [0.2, 0.25) is 0 Å². The van der Waals surface area contributed by atoms with E-state index in [9.17, 15) is 9.59 Å². The molecule has 2 amide bonds. The number of carbonyl (C=O) groups excluding carboxylic acids is 2. The predicted octanol–water partition coefficient (Wildman–Crippen LogP) is 5.58. The van der Waals surface area contributed by atoms with Gasteiger partial charge >= 0.3 is 0 Å². The molecule has 3 aromatic heterocycles. The van der Waals surface area contributed by atoms with Crippen molar-refractivity contribution >= 4 is 22.9 Å². The molecule has 4 heterocycles. The Hall–Kier alpha value is -3.16. The lowest BCUT2D eigenvalue weighted by atomic mass is 9.51. The number of furan rings is 1. The van der Waals surface area contributed by atoms with Crippen LogP contribution in [0.2, 0.25) is 0 Å². The number of rotatable bonds is 3. The largest absolute Gasteiger partial charge is 0.449 e. The average molecular weight is 518 g/mol. The Morgan fingerprint density at radius 2 is 1.82 bits per heavy atom. The third-order valence-corrected chi connectivity index (χ3v) is 9.08. The van der Waals surface area contributed by atoms with E-state index in [1.54, 1.807) is 11.0 Å². The van der Waals surface area contributed by atoms with Gasteiger partial charge in [-0.3, -0.25) is 14.7 Å². The maximum absolute atomic E-state index is 13.8. The third-order valence-electron chi connectivity index (χ3n) is 9.08. The lowest BCUT2D eigenvalue weighted by Gasteiger charge is -2.54. The fourth-order valence-electron chi connectivity index (χ4n) is 6.73. The number of carbonyl (C=O) groups is 2. The third kappa shape index (κ3) is 4.12. The van der Waals surface area contributed by atoms with Crippen molar-refractivity contribution in [3.8, 4) is 0 Å². The van der Waals surface area contributed by atoms with E-state index in [4.69, 9.17) is 9.40 Å². The fourth-order valence-corrected chi connectivity index (χ4v) is 6.73. The van der Waals surface area contributed by atoms with E-state index in [0.717, 1.165) is 22.5 Å². The molecule has 8 heteroatoms. The molecule has 3 aromatic rings. The van der Waals surface area contributed by atoms with Crippen LogP contribution in [-0.2, 0) is 5.41 Å². The maximum atomic E-state index is 13.8. The number of nitrogens with one attached hydrogen (secondary N) is 1. The summed E-state index contributed by atoms with van der Waals surface area (Å²) in [5.41, 5.74) is 4.85. The number of pyridine rings is 1. The van der Waals surface area contributed by atoms with Crippen LogP contribution in [0.25, 0.3) is 11.1 Å². The van der Waals surface area contributed by atoms with E-state index in [0.29, 0.717) is 48.0 Å². The highest BCUT2D eigenvalue weighted by Gasteiger charge is 2.49. The Balaban J connectivity index is 1.26. The first kappa shape index (κ1) is 25.1. The number of hydrogen-bond acceptors (Lipinski definition) is 5. The Labute approximate surface area is 224 Å². The van der Waals surface area contributed by atoms with Gasteiger partial charge in [0.05, 0.1) is 11.2 Å². The molecule has 2 aliphatic carbocycles. The van der Waals surface area contributed by atoms with Crippen LogP contribution >= 0.6 is 0 Å². The molecule has 1 saturated heterocycles. The van der Waals surface area contributed by atoms with Crippen molar-refractivity contribution in [2.45, 2.75) is 90.5 Å². The first-order chi connectivity index (χ1) is 17.9. The average Bonchev–Trinajstić information content (AvgIpc) is 3.40. The SMILES string of the molecule is Cc1cc(C(=O)N2CCN(C(=O)c3cc4nc(C5CC6(CCC6)C5)cc(C(C)(C)C)c4o3)C(C)(C)C2)[nH]n1. The Kier molecular flexibility index (Phi) is 5.57. The van der Waals surface area contributed by atoms with Crippen LogP contribution in [0.5, 0.6) is 0 Å². The summed E-state index contributed by atoms with van der Waals surface area (Å²) in [5, 5.41) is 6.89. The Morgan fingerprint density at radius 1 is 1.08 bits per heavy atom. The molecule has 2 saturated carbocycles. The van der Waals surface area contributed by atoms with E-state index < -0.39 is 5.54 Å². The van der Waals surface area contributed by atoms with Crippen LogP contribution in [0.1, 0.15) is 111 Å². The molecule has 1 aliphatic heterocycles. The van der Waals surface area contributed by atoms with Gasteiger partial charge in [0, 0.05) is 42.9 Å². The number of H-pyrrole nitrogens is 1. The summed E-state index contributed by atoms with van der Waals surface area (Å²) < 4.78 is 6.29. The summed E-state index contributed by atoms with van der Waals surface area (Å²) in [4.78, 5) is 35.4. The van der Waals surface area contributed by atoms with Crippen molar-refractivity contribution in [3.63, 3.8) is 0 Å². The summed E-state index contributed by atoms with van der Waals surface area (Å²) in [5.74, 6) is 0.561. The zero-order valence-electron chi connectivity index (χ0n) is 23.5.